The molecule has 0 aliphatic carbocycles. The van der Waals surface area contributed by atoms with Crippen LogP contribution in [0.25, 0.3) is 11.1 Å². The molecule has 2 aliphatic rings. The van der Waals surface area contributed by atoms with E-state index in [0.717, 1.165) is 23.1 Å². The van der Waals surface area contributed by atoms with Gasteiger partial charge in [0, 0.05) is 50.0 Å². The van der Waals surface area contributed by atoms with Gasteiger partial charge in [-0.1, -0.05) is 60.7 Å². The predicted molar refractivity (Wildman–Crippen MR) is 126 cm³/mol. The van der Waals surface area contributed by atoms with Gasteiger partial charge >= 0.3 is 0 Å². The van der Waals surface area contributed by atoms with Crippen LogP contribution in [-0.2, 0) is 4.79 Å². The number of nitrogens with zero attached hydrogens (tertiary/aromatic N) is 2. The second-order valence-electron chi connectivity index (χ2n) is 9.01. The number of fused-ring (bicyclic) bond motifs is 1. The minimum Gasteiger partial charge on any atom is -0.339 e. The Morgan fingerprint density at radius 2 is 1.58 bits per heavy atom. The van der Waals surface area contributed by atoms with Gasteiger partial charge in [0.05, 0.1) is 0 Å². The number of benzene rings is 3. The Morgan fingerprint density at radius 3 is 2.30 bits per heavy atom. The van der Waals surface area contributed by atoms with Crippen molar-refractivity contribution in [3.05, 3.63) is 95.8 Å². The van der Waals surface area contributed by atoms with E-state index >= 15 is 0 Å². The van der Waals surface area contributed by atoms with Crippen LogP contribution < -0.4 is 0 Å². The van der Waals surface area contributed by atoms with Gasteiger partial charge in [0.15, 0.2) is 0 Å². The summed E-state index contributed by atoms with van der Waals surface area (Å²) in [4.78, 5) is 29.9. The van der Waals surface area contributed by atoms with Crippen LogP contribution in [0.2, 0.25) is 0 Å². The minimum absolute atomic E-state index is 0.0204. The van der Waals surface area contributed by atoms with Gasteiger partial charge in [-0.15, -0.1) is 0 Å². The summed E-state index contributed by atoms with van der Waals surface area (Å²) in [6.07, 6.45) is 0.751. The van der Waals surface area contributed by atoms with Gasteiger partial charge in [0.2, 0.25) is 5.91 Å². The largest absolute Gasteiger partial charge is 0.339 e. The summed E-state index contributed by atoms with van der Waals surface area (Å²) in [6, 6.07) is 24.4. The van der Waals surface area contributed by atoms with Crippen LogP contribution >= 0.6 is 0 Å². The molecule has 0 spiro atoms. The molecule has 2 aliphatic heterocycles. The van der Waals surface area contributed by atoms with Crippen LogP contribution in [-0.4, -0.2) is 47.3 Å². The first-order valence-electron chi connectivity index (χ1n) is 11.5. The molecule has 2 saturated heterocycles. The van der Waals surface area contributed by atoms with E-state index in [-0.39, 0.29) is 35.5 Å². The fourth-order valence-electron chi connectivity index (χ4n) is 5.55. The number of rotatable bonds is 3. The predicted octanol–water partition coefficient (Wildman–Crippen LogP) is 4.97. The molecule has 4 nitrogen and oxygen atoms in total. The molecule has 0 N–H and O–H groups in total. The van der Waals surface area contributed by atoms with Crippen molar-refractivity contribution in [2.75, 3.05) is 19.6 Å². The van der Waals surface area contributed by atoms with Crippen LogP contribution in [0.4, 0.5) is 4.39 Å². The zero-order valence-electron chi connectivity index (χ0n) is 18.7. The summed E-state index contributed by atoms with van der Waals surface area (Å²) in [7, 11) is 0. The first-order valence-corrected chi connectivity index (χ1v) is 11.5. The third-order valence-corrected chi connectivity index (χ3v) is 7.16. The van der Waals surface area contributed by atoms with Crippen molar-refractivity contribution in [2.24, 2.45) is 5.92 Å². The number of carbonyl (C=O) groups is 2. The molecule has 3 aromatic rings. The van der Waals surface area contributed by atoms with Crippen LogP contribution in [0, 0.1) is 11.7 Å². The Bertz CT molecular complexity index is 1160. The molecule has 0 aromatic heterocycles. The molecule has 0 unspecified atom stereocenters. The Kier molecular flexibility index (Phi) is 5.71. The van der Waals surface area contributed by atoms with Crippen LogP contribution in [0.3, 0.4) is 0 Å². The maximum Gasteiger partial charge on any atom is 0.254 e. The Morgan fingerprint density at radius 1 is 0.879 bits per heavy atom. The van der Waals surface area contributed by atoms with E-state index in [9.17, 15) is 14.0 Å². The van der Waals surface area contributed by atoms with Crippen molar-refractivity contribution in [1.29, 1.82) is 0 Å². The molecule has 2 amide bonds. The van der Waals surface area contributed by atoms with Crippen molar-refractivity contribution in [2.45, 2.75) is 25.3 Å². The molecular weight excluding hydrogens is 415 g/mol. The SMILES string of the molecule is CC(=O)N1C[C@H](c2ccc(F)cc2)[C@H]2CN(C(=O)c3ccccc3-c3ccccc3)CC[C@H]21. The topological polar surface area (TPSA) is 40.6 Å². The molecule has 5 rings (SSSR count). The standard InChI is InChI=1S/C28H27FN2O2/c1-19(32)31-18-25(21-11-13-22(29)14-12-21)26-17-30(16-15-27(26)31)28(33)24-10-6-5-9-23(24)20-7-3-2-4-8-20/h2-14,25-27H,15-18H2,1H3/t25-,26-,27-/m1/s1. The quantitative estimate of drug-likeness (QED) is 0.575. The maximum absolute atomic E-state index is 13.7. The number of hydrogen-bond acceptors (Lipinski definition) is 2. The third kappa shape index (κ3) is 4.04. The fraction of sp³-hybridized carbons (Fsp3) is 0.286. The van der Waals surface area contributed by atoms with E-state index in [0.29, 0.717) is 25.2 Å². The zero-order valence-corrected chi connectivity index (χ0v) is 18.7. The lowest BCUT2D eigenvalue weighted by Crippen LogP contribution is -2.49. The molecule has 2 heterocycles. The second kappa shape index (κ2) is 8.81. The normalized spacial score (nSPS) is 22.2. The van der Waals surface area contributed by atoms with E-state index in [1.807, 2.05) is 76.5 Å². The molecule has 5 heteroatoms. The van der Waals surface area contributed by atoms with Crippen LogP contribution in [0.1, 0.15) is 35.2 Å². The van der Waals surface area contributed by atoms with Gasteiger partial charge in [0.25, 0.3) is 5.91 Å². The van der Waals surface area contributed by atoms with Crippen molar-refractivity contribution >= 4 is 11.8 Å². The molecule has 0 radical (unpaired) electrons. The van der Waals surface area contributed by atoms with Gasteiger partial charge in [-0.2, -0.15) is 0 Å². The summed E-state index contributed by atoms with van der Waals surface area (Å²) >= 11 is 0. The average molecular weight is 443 g/mol. The molecular formula is C28H27FN2O2. The minimum atomic E-state index is -0.269. The molecule has 3 aromatic carbocycles. The van der Waals surface area contributed by atoms with Gasteiger partial charge in [-0.05, 0) is 41.3 Å². The monoisotopic (exact) mass is 442 g/mol. The fourth-order valence-corrected chi connectivity index (χ4v) is 5.55. The van der Waals surface area contributed by atoms with Crippen molar-refractivity contribution < 1.29 is 14.0 Å². The van der Waals surface area contributed by atoms with Gasteiger partial charge < -0.3 is 9.80 Å². The molecule has 3 atom stereocenters. The highest BCUT2D eigenvalue weighted by atomic mass is 19.1. The first-order chi connectivity index (χ1) is 16.0. The van der Waals surface area contributed by atoms with Gasteiger partial charge in [-0.3, -0.25) is 9.59 Å². The number of hydrogen-bond donors (Lipinski definition) is 0. The summed E-state index contributed by atoms with van der Waals surface area (Å²) in [6.45, 7) is 3.41. The lowest BCUT2D eigenvalue weighted by atomic mass is 9.81. The lowest BCUT2D eigenvalue weighted by Gasteiger charge is -2.39. The number of carbonyl (C=O) groups excluding carboxylic acids is 2. The van der Waals surface area contributed by atoms with Crippen LogP contribution in [0.5, 0.6) is 0 Å². The average Bonchev–Trinajstić information content (AvgIpc) is 3.24. The summed E-state index contributed by atoms with van der Waals surface area (Å²) < 4.78 is 13.5. The van der Waals surface area contributed by atoms with E-state index < -0.39 is 0 Å². The number of likely N-dealkylation sites (tertiary alicyclic amines) is 2. The molecule has 2 fully saturated rings. The smallest absolute Gasteiger partial charge is 0.254 e. The van der Waals surface area contributed by atoms with E-state index in [1.165, 1.54) is 12.1 Å². The number of piperidine rings is 1. The van der Waals surface area contributed by atoms with E-state index in [1.54, 1.807) is 6.92 Å². The molecule has 0 saturated carbocycles. The third-order valence-electron chi connectivity index (χ3n) is 7.16. The van der Waals surface area contributed by atoms with Crippen LogP contribution in [0.15, 0.2) is 78.9 Å². The lowest BCUT2D eigenvalue weighted by molar-refractivity contribution is -0.130. The molecule has 168 valence electrons. The number of amides is 2. The highest BCUT2D eigenvalue weighted by Gasteiger charge is 2.47. The first kappa shape index (κ1) is 21.4. The van der Waals surface area contributed by atoms with Crippen molar-refractivity contribution in [1.82, 2.24) is 9.80 Å². The summed E-state index contributed by atoms with van der Waals surface area (Å²) in [5.74, 6) is 0.0194. The number of halogens is 1. The van der Waals surface area contributed by atoms with Crippen molar-refractivity contribution in [3.8, 4) is 11.1 Å². The molecule has 33 heavy (non-hydrogen) atoms. The second-order valence-corrected chi connectivity index (χ2v) is 9.01. The van der Waals surface area contributed by atoms with Gasteiger partial charge in [-0.25, -0.2) is 4.39 Å². The highest BCUT2D eigenvalue weighted by molar-refractivity contribution is 6.01. The maximum atomic E-state index is 13.7. The molecule has 0 bridgehead atoms. The summed E-state index contributed by atoms with van der Waals surface area (Å²) in [5, 5.41) is 0. The Hall–Kier alpha value is -3.47. The zero-order chi connectivity index (χ0) is 22.9. The van der Waals surface area contributed by atoms with Gasteiger partial charge in [0.1, 0.15) is 5.82 Å². The van der Waals surface area contributed by atoms with Crippen molar-refractivity contribution in [3.63, 3.8) is 0 Å². The highest BCUT2D eigenvalue weighted by Crippen LogP contribution is 2.42. The van der Waals surface area contributed by atoms with E-state index in [4.69, 9.17) is 0 Å². The Balaban J connectivity index is 1.44. The Labute approximate surface area is 193 Å². The summed E-state index contributed by atoms with van der Waals surface area (Å²) in [5.41, 5.74) is 3.66. The van der Waals surface area contributed by atoms with E-state index in [2.05, 4.69) is 0 Å².